The number of hydrogen-bond donors (Lipinski definition) is 2. The summed E-state index contributed by atoms with van der Waals surface area (Å²) in [5, 5.41) is 8.02. The van der Waals surface area contributed by atoms with Crippen molar-refractivity contribution in [3.05, 3.63) is 120 Å². The fraction of sp³-hybridized carbons (Fsp3) is 0.341. The van der Waals surface area contributed by atoms with Gasteiger partial charge < -0.3 is 20.3 Å². The van der Waals surface area contributed by atoms with Crippen molar-refractivity contribution in [1.29, 1.82) is 0 Å². The maximum Gasteiger partial charge on any atom is 0.408 e. The molecule has 0 fully saturated rings. The van der Waals surface area contributed by atoms with Crippen LogP contribution in [0, 0.1) is 5.92 Å². The van der Waals surface area contributed by atoms with E-state index in [-0.39, 0.29) is 24.3 Å². The highest BCUT2D eigenvalue weighted by Crippen LogP contribution is 2.30. The summed E-state index contributed by atoms with van der Waals surface area (Å²) in [5.74, 6) is -0.339. The van der Waals surface area contributed by atoms with Crippen LogP contribution >= 0.6 is 0 Å². The standard InChI is InChI=1S/C41H49N3O4/c1-8-30-17-14-20-34(25-30)37(38(45)42-35-24-23-32-18-12-13-19-33(32)27-35)44(29(4)22-21-28(2)3)39(46)36(26-31-15-10-9-11-16-31)43-40(47)48-41(5,6)7/h8-20,23-25,27-29,36-37H,1,21-22,26H2,2-7H3,(H,42,45)(H,43,47). The van der Waals surface area contributed by atoms with E-state index in [2.05, 4.69) is 31.1 Å². The molecule has 7 heteroatoms. The smallest absolute Gasteiger partial charge is 0.408 e. The van der Waals surface area contributed by atoms with Crippen molar-refractivity contribution < 1.29 is 19.1 Å². The molecule has 4 aromatic carbocycles. The number of rotatable bonds is 13. The Morgan fingerprint density at radius 3 is 2.19 bits per heavy atom. The zero-order chi connectivity index (χ0) is 34.8. The number of nitrogens with one attached hydrogen (secondary N) is 2. The number of carbonyl (C=O) groups is 3. The number of fused-ring (bicyclic) bond motifs is 1. The molecule has 3 unspecified atom stereocenters. The van der Waals surface area contributed by atoms with Gasteiger partial charge in [-0.2, -0.15) is 0 Å². The lowest BCUT2D eigenvalue weighted by Gasteiger charge is -2.39. The van der Waals surface area contributed by atoms with E-state index in [1.807, 2.05) is 104 Å². The van der Waals surface area contributed by atoms with Crippen molar-refractivity contribution >= 4 is 40.4 Å². The van der Waals surface area contributed by atoms with Crippen molar-refractivity contribution in [3.8, 4) is 0 Å². The van der Waals surface area contributed by atoms with Crippen molar-refractivity contribution in [2.75, 3.05) is 5.32 Å². The summed E-state index contributed by atoms with van der Waals surface area (Å²) in [6, 6.07) is 28.4. The van der Waals surface area contributed by atoms with E-state index in [1.54, 1.807) is 31.7 Å². The molecule has 0 saturated carbocycles. The summed E-state index contributed by atoms with van der Waals surface area (Å²) in [5.41, 5.74) is 2.20. The van der Waals surface area contributed by atoms with Crippen LogP contribution in [0.25, 0.3) is 16.8 Å². The molecule has 0 aromatic heterocycles. The van der Waals surface area contributed by atoms with Crippen molar-refractivity contribution in [2.24, 2.45) is 5.92 Å². The molecular weight excluding hydrogens is 598 g/mol. The van der Waals surface area contributed by atoms with Gasteiger partial charge in [-0.3, -0.25) is 9.59 Å². The van der Waals surface area contributed by atoms with Gasteiger partial charge in [-0.05, 0) is 92.1 Å². The number of carbonyl (C=O) groups excluding carboxylic acids is 3. The summed E-state index contributed by atoms with van der Waals surface area (Å²) in [6.07, 6.45) is 2.75. The lowest BCUT2D eigenvalue weighted by Crippen LogP contribution is -2.55. The lowest BCUT2D eigenvalue weighted by molar-refractivity contribution is -0.143. The van der Waals surface area contributed by atoms with E-state index in [9.17, 15) is 14.4 Å². The van der Waals surface area contributed by atoms with Crippen LogP contribution in [0.3, 0.4) is 0 Å². The number of hydrogen-bond acceptors (Lipinski definition) is 4. The highest BCUT2D eigenvalue weighted by Gasteiger charge is 2.39. The van der Waals surface area contributed by atoms with Crippen LogP contribution in [-0.2, 0) is 20.7 Å². The van der Waals surface area contributed by atoms with Crippen molar-refractivity contribution in [3.63, 3.8) is 0 Å². The molecule has 48 heavy (non-hydrogen) atoms. The second kappa shape index (κ2) is 16.3. The van der Waals surface area contributed by atoms with Gasteiger partial charge in [0.05, 0.1) is 0 Å². The summed E-state index contributed by atoms with van der Waals surface area (Å²) >= 11 is 0. The van der Waals surface area contributed by atoms with Crippen LogP contribution < -0.4 is 10.6 Å². The Balaban J connectivity index is 1.82. The van der Waals surface area contributed by atoms with Gasteiger partial charge >= 0.3 is 6.09 Å². The number of alkyl carbamates (subject to hydrolysis) is 1. The van der Waals surface area contributed by atoms with Gasteiger partial charge in [0.1, 0.15) is 17.7 Å². The molecule has 3 atom stereocenters. The molecule has 3 amide bonds. The highest BCUT2D eigenvalue weighted by atomic mass is 16.6. The molecule has 0 radical (unpaired) electrons. The SMILES string of the molecule is C=Cc1cccc(C(C(=O)Nc2ccc3ccccc3c2)N(C(=O)C(Cc2ccccc2)NC(=O)OC(C)(C)C)C(C)CCC(C)C)c1. The Labute approximate surface area is 285 Å². The van der Waals surface area contributed by atoms with Crippen LogP contribution in [0.2, 0.25) is 0 Å². The quantitative estimate of drug-likeness (QED) is 0.152. The Morgan fingerprint density at radius 1 is 0.833 bits per heavy atom. The third kappa shape index (κ3) is 10.0. The topological polar surface area (TPSA) is 87.7 Å². The Kier molecular flexibility index (Phi) is 12.2. The van der Waals surface area contributed by atoms with Crippen LogP contribution in [0.4, 0.5) is 10.5 Å². The van der Waals surface area contributed by atoms with Crippen LogP contribution in [-0.4, -0.2) is 40.5 Å². The fourth-order valence-electron chi connectivity index (χ4n) is 5.76. The van der Waals surface area contributed by atoms with E-state index in [0.29, 0.717) is 23.6 Å². The largest absolute Gasteiger partial charge is 0.444 e. The fourth-order valence-corrected chi connectivity index (χ4v) is 5.76. The van der Waals surface area contributed by atoms with E-state index in [0.717, 1.165) is 28.3 Å². The van der Waals surface area contributed by atoms with Gasteiger partial charge in [-0.1, -0.05) is 105 Å². The monoisotopic (exact) mass is 647 g/mol. The van der Waals surface area contributed by atoms with E-state index in [4.69, 9.17) is 4.74 Å². The first-order valence-corrected chi connectivity index (χ1v) is 16.7. The van der Waals surface area contributed by atoms with E-state index in [1.165, 1.54) is 0 Å². The number of anilines is 1. The van der Waals surface area contributed by atoms with Crippen molar-refractivity contribution in [1.82, 2.24) is 10.2 Å². The third-order valence-corrected chi connectivity index (χ3v) is 8.17. The molecule has 4 aromatic rings. The first-order valence-electron chi connectivity index (χ1n) is 16.7. The second-order valence-electron chi connectivity index (χ2n) is 13.8. The Morgan fingerprint density at radius 2 is 1.52 bits per heavy atom. The molecule has 0 spiro atoms. The number of nitrogens with zero attached hydrogens (tertiary/aromatic N) is 1. The summed E-state index contributed by atoms with van der Waals surface area (Å²) in [7, 11) is 0. The van der Waals surface area contributed by atoms with E-state index < -0.39 is 23.8 Å². The zero-order valence-electron chi connectivity index (χ0n) is 29.0. The molecule has 252 valence electrons. The second-order valence-corrected chi connectivity index (χ2v) is 13.8. The molecule has 0 saturated heterocycles. The summed E-state index contributed by atoms with van der Waals surface area (Å²) in [4.78, 5) is 44.4. The van der Waals surface area contributed by atoms with Gasteiger partial charge in [0.25, 0.3) is 5.91 Å². The van der Waals surface area contributed by atoms with Gasteiger partial charge in [-0.25, -0.2) is 4.79 Å². The molecule has 7 nitrogen and oxygen atoms in total. The minimum absolute atomic E-state index is 0.220. The maximum atomic E-state index is 15.0. The van der Waals surface area contributed by atoms with Crippen LogP contribution in [0.5, 0.6) is 0 Å². The predicted molar refractivity (Wildman–Crippen MR) is 196 cm³/mol. The molecule has 0 bridgehead atoms. The van der Waals surface area contributed by atoms with Crippen LogP contribution in [0.15, 0.2) is 104 Å². The van der Waals surface area contributed by atoms with Gasteiger partial charge in [0, 0.05) is 18.2 Å². The predicted octanol–water partition coefficient (Wildman–Crippen LogP) is 8.95. The minimum Gasteiger partial charge on any atom is -0.444 e. The minimum atomic E-state index is -1.01. The number of amides is 3. The third-order valence-electron chi connectivity index (χ3n) is 8.17. The first-order chi connectivity index (χ1) is 22.8. The summed E-state index contributed by atoms with van der Waals surface area (Å²) in [6.45, 7) is 15.5. The molecule has 4 rings (SSSR count). The molecule has 2 N–H and O–H groups in total. The van der Waals surface area contributed by atoms with Gasteiger partial charge in [0.2, 0.25) is 5.91 Å². The summed E-state index contributed by atoms with van der Waals surface area (Å²) < 4.78 is 5.60. The Hall–Kier alpha value is -4.91. The maximum absolute atomic E-state index is 15.0. The van der Waals surface area contributed by atoms with E-state index >= 15 is 0 Å². The first kappa shape index (κ1) is 35.9. The molecule has 0 aliphatic rings. The highest BCUT2D eigenvalue weighted by molar-refractivity contribution is 6.00. The normalized spacial score (nSPS) is 13.3. The average molecular weight is 648 g/mol. The Bertz CT molecular complexity index is 1710. The van der Waals surface area contributed by atoms with Gasteiger partial charge in [-0.15, -0.1) is 0 Å². The molecular formula is C41H49N3O4. The molecule has 0 aliphatic heterocycles. The van der Waals surface area contributed by atoms with Crippen LogP contribution in [0.1, 0.15) is 77.1 Å². The number of ether oxygens (including phenoxy) is 1. The lowest BCUT2D eigenvalue weighted by atomic mass is 9.95. The zero-order valence-corrected chi connectivity index (χ0v) is 29.0. The van der Waals surface area contributed by atoms with Crippen molar-refractivity contribution in [2.45, 2.75) is 84.5 Å². The molecule has 0 heterocycles. The number of benzene rings is 4. The average Bonchev–Trinajstić information content (AvgIpc) is 3.05. The molecule has 0 aliphatic carbocycles. The van der Waals surface area contributed by atoms with Gasteiger partial charge in [0.15, 0.2) is 0 Å².